The first kappa shape index (κ1) is 20.6. The van der Waals surface area contributed by atoms with Gasteiger partial charge in [0.25, 0.3) is 0 Å². The third kappa shape index (κ3) is 3.76. The number of rotatable bonds is 5. The molecule has 0 fully saturated rings. The summed E-state index contributed by atoms with van der Waals surface area (Å²) in [7, 11) is 1.40. The molecule has 7 heteroatoms. The molecule has 3 aromatic heterocycles. The van der Waals surface area contributed by atoms with E-state index in [1.807, 2.05) is 43.5 Å². The van der Waals surface area contributed by atoms with Gasteiger partial charge in [0.05, 0.1) is 13.5 Å². The number of pyridine rings is 2. The van der Waals surface area contributed by atoms with E-state index < -0.39 is 0 Å². The van der Waals surface area contributed by atoms with Gasteiger partial charge >= 0.3 is 5.97 Å². The van der Waals surface area contributed by atoms with Crippen LogP contribution in [0.3, 0.4) is 0 Å². The van der Waals surface area contributed by atoms with Crippen molar-refractivity contribution in [1.29, 1.82) is 0 Å². The minimum atomic E-state index is -0.244. The number of benzene rings is 1. The van der Waals surface area contributed by atoms with E-state index in [2.05, 4.69) is 21.5 Å². The van der Waals surface area contributed by atoms with E-state index in [0.717, 1.165) is 38.7 Å². The highest BCUT2D eigenvalue weighted by Crippen LogP contribution is 2.35. The lowest BCUT2D eigenvalue weighted by Crippen LogP contribution is -2.08. The quantitative estimate of drug-likeness (QED) is 0.433. The fraction of sp³-hybridized carbons (Fsp3) is 0.227. The van der Waals surface area contributed by atoms with Gasteiger partial charge in [-0.15, -0.1) is 12.4 Å². The van der Waals surface area contributed by atoms with Crippen LogP contribution < -0.4 is 4.74 Å². The summed E-state index contributed by atoms with van der Waals surface area (Å²) in [5.74, 6) is 0.991. The van der Waals surface area contributed by atoms with Gasteiger partial charge < -0.3 is 14.0 Å². The second kappa shape index (κ2) is 8.49. The lowest BCUT2D eigenvalue weighted by Gasteiger charge is -2.12. The third-order valence-electron chi connectivity index (χ3n) is 5.13. The van der Waals surface area contributed by atoms with E-state index in [0.29, 0.717) is 12.4 Å². The Labute approximate surface area is 174 Å². The van der Waals surface area contributed by atoms with Crippen LogP contribution in [0.4, 0.5) is 0 Å². The molecule has 3 heterocycles. The number of carbonyl (C=O) groups excluding carboxylic acids is 1. The number of aromatic nitrogens is 3. The predicted molar refractivity (Wildman–Crippen MR) is 115 cm³/mol. The molecule has 0 unspecified atom stereocenters. The van der Waals surface area contributed by atoms with Gasteiger partial charge in [-0.3, -0.25) is 9.78 Å². The monoisotopic (exact) mass is 411 g/mol. The second-order valence-corrected chi connectivity index (χ2v) is 6.66. The van der Waals surface area contributed by atoms with Crippen molar-refractivity contribution >= 4 is 40.1 Å². The van der Waals surface area contributed by atoms with Gasteiger partial charge in [0.15, 0.2) is 0 Å². The van der Waals surface area contributed by atoms with Crippen molar-refractivity contribution in [2.45, 2.75) is 26.8 Å². The fourth-order valence-corrected chi connectivity index (χ4v) is 3.51. The molecule has 29 heavy (non-hydrogen) atoms. The van der Waals surface area contributed by atoms with E-state index in [1.165, 1.54) is 7.11 Å². The molecule has 150 valence electrons. The first-order valence-electron chi connectivity index (χ1n) is 9.12. The van der Waals surface area contributed by atoms with Crippen LogP contribution in [0.25, 0.3) is 21.7 Å². The SMILES string of the molecule is COC(=O)CCn1c(C)c(C)c2ccnc(Oc3cccc4cnccc34)c21.Cl. The van der Waals surface area contributed by atoms with Crippen LogP contribution in [0.5, 0.6) is 11.6 Å². The van der Waals surface area contributed by atoms with Crippen molar-refractivity contribution in [3.63, 3.8) is 0 Å². The van der Waals surface area contributed by atoms with Gasteiger partial charge in [-0.1, -0.05) is 12.1 Å². The number of esters is 1. The average molecular weight is 412 g/mol. The minimum Gasteiger partial charge on any atom is -0.469 e. The van der Waals surface area contributed by atoms with Gasteiger partial charge in [0, 0.05) is 47.0 Å². The lowest BCUT2D eigenvalue weighted by atomic mass is 10.1. The molecule has 0 amide bonds. The topological polar surface area (TPSA) is 66.2 Å². The minimum absolute atomic E-state index is 0. The van der Waals surface area contributed by atoms with Crippen molar-refractivity contribution in [2.24, 2.45) is 0 Å². The Morgan fingerprint density at radius 3 is 2.69 bits per heavy atom. The van der Waals surface area contributed by atoms with Crippen molar-refractivity contribution in [2.75, 3.05) is 7.11 Å². The van der Waals surface area contributed by atoms with E-state index in [4.69, 9.17) is 9.47 Å². The molecule has 0 saturated heterocycles. The Morgan fingerprint density at radius 1 is 1.10 bits per heavy atom. The highest BCUT2D eigenvalue weighted by molar-refractivity contribution is 5.91. The van der Waals surface area contributed by atoms with E-state index in [9.17, 15) is 4.79 Å². The standard InChI is InChI=1S/C22H21N3O3.ClH/c1-14-15(2)25(12-9-20(26)27-3)21-17(14)8-11-24-22(21)28-19-6-4-5-16-13-23-10-7-18(16)19;/h4-8,10-11,13H,9,12H2,1-3H3;1H. The van der Waals surface area contributed by atoms with Crippen LogP contribution in [0.15, 0.2) is 48.9 Å². The first-order valence-corrected chi connectivity index (χ1v) is 9.12. The molecule has 4 rings (SSSR count). The van der Waals surface area contributed by atoms with Crippen molar-refractivity contribution in [3.05, 3.63) is 60.2 Å². The number of ether oxygens (including phenoxy) is 2. The number of hydrogen-bond donors (Lipinski definition) is 0. The molecule has 0 aliphatic carbocycles. The molecule has 1 aromatic carbocycles. The van der Waals surface area contributed by atoms with Gasteiger partial charge in [0.2, 0.25) is 5.88 Å². The van der Waals surface area contributed by atoms with Crippen LogP contribution in [0.1, 0.15) is 17.7 Å². The molecule has 0 spiro atoms. The first-order chi connectivity index (χ1) is 13.6. The Hall–Kier alpha value is -3.12. The number of hydrogen-bond acceptors (Lipinski definition) is 5. The summed E-state index contributed by atoms with van der Waals surface area (Å²) in [5.41, 5.74) is 3.11. The Morgan fingerprint density at radius 2 is 1.90 bits per heavy atom. The summed E-state index contributed by atoms with van der Waals surface area (Å²) >= 11 is 0. The van der Waals surface area contributed by atoms with Crippen LogP contribution >= 0.6 is 12.4 Å². The summed E-state index contributed by atoms with van der Waals surface area (Å²) in [6.07, 6.45) is 5.59. The van der Waals surface area contributed by atoms with Gasteiger partial charge in [-0.25, -0.2) is 4.98 Å². The highest BCUT2D eigenvalue weighted by Gasteiger charge is 2.18. The highest BCUT2D eigenvalue weighted by atomic mass is 35.5. The number of nitrogens with zero attached hydrogens (tertiary/aromatic N) is 3. The molecule has 0 bridgehead atoms. The molecule has 0 radical (unpaired) electrons. The zero-order valence-electron chi connectivity index (χ0n) is 16.5. The Kier molecular flexibility index (Phi) is 6.03. The van der Waals surface area contributed by atoms with Gasteiger partial charge in [0.1, 0.15) is 11.3 Å². The van der Waals surface area contributed by atoms with Crippen molar-refractivity contribution in [3.8, 4) is 11.6 Å². The van der Waals surface area contributed by atoms with Crippen LogP contribution in [-0.2, 0) is 16.1 Å². The molecule has 6 nitrogen and oxygen atoms in total. The molecule has 4 aromatic rings. The average Bonchev–Trinajstić information content (AvgIpc) is 2.97. The zero-order valence-corrected chi connectivity index (χ0v) is 17.3. The van der Waals surface area contributed by atoms with Gasteiger partial charge in [-0.05, 0) is 37.6 Å². The predicted octanol–water partition coefficient (Wildman–Crippen LogP) is 4.98. The zero-order chi connectivity index (χ0) is 19.7. The second-order valence-electron chi connectivity index (χ2n) is 6.66. The summed E-state index contributed by atoms with van der Waals surface area (Å²) in [6, 6.07) is 9.76. The molecule has 0 atom stereocenters. The van der Waals surface area contributed by atoms with Gasteiger partial charge in [-0.2, -0.15) is 0 Å². The number of fused-ring (bicyclic) bond motifs is 2. The number of halogens is 1. The van der Waals surface area contributed by atoms with Crippen LogP contribution in [0, 0.1) is 13.8 Å². The number of aryl methyl sites for hydroxylation is 2. The van der Waals surface area contributed by atoms with Crippen LogP contribution in [0.2, 0.25) is 0 Å². The fourth-order valence-electron chi connectivity index (χ4n) is 3.51. The maximum atomic E-state index is 11.7. The molecule has 0 aliphatic heterocycles. The lowest BCUT2D eigenvalue weighted by molar-refractivity contribution is -0.140. The van der Waals surface area contributed by atoms with Crippen molar-refractivity contribution < 1.29 is 14.3 Å². The summed E-state index contributed by atoms with van der Waals surface area (Å²) in [6.45, 7) is 4.62. The van der Waals surface area contributed by atoms with E-state index in [1.54, 1.807) is 12.4 Å². The summed E-state index contributed by atoms with van der Waals surface area (Å²) < 4.78 is 13.2. The molecule has 0 saturated carbocycles. The third-order valence-corrected chi connectivity index (χ3v) is 5.13. The van der Waals surface area contributed by atoms with Crippen molar-refractivity contribution in [1.82, 2.24) is 14.5 Å². The normalized spacial score (nSPS) is 10.7. The Bertz CT molecular complexity index is 1180. The van der Waals surface area contributed by atoms with E-state index >= 15 is 0 Å². The molecule has 0 aliphatic rings. The maximum absolute atomic E-state index is 11.7. The number of methoxy groups -OCH3 is 1. The smallest absolute Gasteiger partial charge is 0.307 e. The summed E-state index contributed by atoms with van der Waals surface area (Å²) in [5, 5.41) is 3.03. The Balaban J connectivity index is 0.00000240. The van der Waals surface area contributed by atoms with Crippen LogP contribution in [-0.4, -0.2) is 27.6 Å². The molecular weight excluding hydrogens is 390 g/mol. The maximum Gasteiger partial charge on any atom is 0.307 e. The largest absolute Gasteiger partial charge is 0.469 e. The molecule has 0 N–H and O–H groups in total. The van der Waals surface area contributed by atoms with E-state index in [-0.39, 0.29) is 24.8 Å². The molecular formula is C22H22ClN3O3. The summed E-state index contributed by atoms with van der Waals surface area (Å²) in [4.78, 5) is 20.3. The number of carbonyl (C=O) groups is 1.